The lowest BCUT2D eigenvalue weighted by molar-refractivity contribution is 0.0465. The molecular formula is C10H11N3O2S. The SMILES string of the molecule is Cn1cc(N)cc1C(=O)OCc1cncs1. The molecule has 84 valence electrons. The summed E-state index contributed by atoms with van der Waals surface area (Å²) in [6.07, 6.45) is 3.35. The molecule has 2 N–H and O–H groups in total. The van der Waals surface area contributed by atoms with Gasteiger partial charge in [0.15, 0.2) is 0 Å². The molecule has 5 nitrogen and oxygen atoms in total. The molecular weight excluding hydrogens is 226 g/mol. The molecule has 6 heteroatoms. The van der Waals surface area contributed by atoms with E-state index in [1.165, 1.54) is 11.3 Å². The van der Waals surface area contributed by atoms with Gasteiger partial charge in [0, 0.05) is 19.4 Å². The maximum Gasteiger partial charge on any atom is 0.355 e. The van der Waals surface area contributed by atoms with Crippen LogP contribution in [0.4, 0.5) is 5.69 Å². The summed E-state index contributed by atoms with van der Waals surface area (Å²) in [5.74, 6) is -0.382. The Hall–Kier alpha value is -1.82. The molecule has 0 aliphatic heterocycles. The fraction of sp³-hybridized carbons (Fsp3) is 0.200. The third-order valence-electron chi connectivity index (χ3n) is 2.06. The number of nitrogens with zero attached hydrogens (tertiary/aromatic N) is 2. The van der Waals surface area contributed by atoms with Gasteiger partial charge < -0.3 is 15.0 Å². The van der Waals surface area contributed by atoms with Gasteiger partial charge in [0.25, 0.3) is 0 Å². The van der Waals surface area contributed by atoms with E-state index in [9.17, 15) is 4.79 Å². The van der Waals surface area contributed by atoms with Gasteiger partial charge in [-0.1, -0.05) is 0 Å². The van der Waals surface area contributed by atoms with Crippen molar-refractivity contribution in [2.45, 2.75) is 6.61 Å². The fourth-order valence-corrected chi connectivity index (χ4v) is 1.82. The van der Waals surface area contributed by atoms with Crippen LogP contribution in [0.25, 0.3) is 0 Å². The van der Waals surface area contributed by atoms with Crippen LogP contribution in [0.1, 0.15) is 15.4 Å². The van der Waals surface area contributed by atoms with Crippen LogP contribution in [0, 0.1) is 0 Å². The largest absolute Gasteiger partial charge is 0.455 e. The fourth-order valence-electron chi connectivity index (χ4n) is 1.32. The number of nitrogen functional groups attached to an aromatic ring is 1. The summed E-state index contributed by atoms with van der Waals surface area (Å²) >= 11 is 1.45. The first-order chi connectivity index (χ1) is 7.66. The van der Waals surface area contributed by atoms with Gasteiger partial charge in [0.1, 0.15) is 12.3 Å². The highest BCUT2D eigenvalue weighted by molar-refractivity contribution is 7.09. The molecule has 0 bridgehead atoms. The molecule has 2 aromatic rings. The summed E-state index contributed by atoms with van der Waals surface area (Å²) in [5.41, 5.74) is 8.26. The van der Waals surface area contributed by atoms with Gasteiger partial charge in [-0.25, -0.2) is 4.79 Å². The van der Waals surface area contributed by atoms with Crippen LogP contribution < -0.4 is 5.73 Å². The number of anilines is 1. The van der Waals surface area contributed by atoms with Crippen molar-refractivity contribution < 1.29 is 9.53 Å². The van der Waals surface area contributed by atoms with Crippen molar-refractivity contribution in [3.05, 3.63) is 34.5 Å². The minimum absolute atomic E-state index is 0.245. The molecule has 2 aromatic heterocycles. The highest BCUT2D eigenvalue weighted by atomic mass is 32.1. The average Bonchev–Trinajstić information content (AvgIpc) is 2.84. The Bertz CT molecular complexity index is 490. The number of hydrogen-bond donors (Lipinski definition) is 1. The Labute approximate surface area is 96.5 Å². The number of aromatic nitrogens is 2. The van der Waals surface area contributed by atoms with Crippen LogP contribution in [0.15, 0.2) is 24.0 Å². The predicted molar refractivity (Wildman–Crippen MR) is 61.1 cm³/mol. The van der Waals surface area contributed by atoms with Crippen molar-refractivity contribution in [2.24, 2.45) is 7.05 Å². The second-order valence-corrected chi connectivity index (χ2v) is 4.28. The van der Waals surface area contributed by atoms with E-state index < -0.39 is 0 Å². The predicted octanol–water partition coefficient (Wildman–Crippen LogP) is 1.42. The summed E-state index contributed by atoms with van der Waals surface area (Å²) in [5, 5.41) is 0. The molecule has 0 saturated heterocycles. The third kappa shape index (κ3) is 2.22. The summed E-state index contributed by atoms with van der Waals surface area (Å²) in [6.45, 7) is 0.245. The molecule has 0 spiro atoms. The second-order valence-electron chi connectivity index (χ2n) is 3.31. The Balaban J connectivity index is 2.01. The van der Waals surface area contributed by atoms with Crippen LogP contribution in [-0.4, -0.2) is 15.5 Å². The molecule has 0 atom stereocenters. The van der Waals surface area contributed by atoms with Crippen molar-refractivity contribution >= 4 is 23.0 Å². The third-order valence-corrected chi connectivity index (χ3v) is 2.82. The number of thiazole rings is 1. The number of ether oxygens (including phenoxy) is 1. The highest BCUT2D eigenvalue weighted by Gasteiger charge is 2.12. The minimum atomic E-state index is -0.382. The smallest absolute Gasteiger partial charge is 0.355 e. The topological polar surface area (TPSA) is 70.1 Å². The molecule has 0 aromatic carbocycles. The van der Waals surface area contributed by atoms with E-state index in [4.69, 9.17) is 10.5 Å². The lowest BCUT2D eigenvalue weighted by Crippen LogP contribution is -2.09. The van der Waals surface area contributed by atoms with Crippen molar-refractivity contribution in [3.63, 3.8) is 0 Å². The second kappa shape index (κ2) is 4.36. The molecule has 2 heterocycles. The van der Waals surface area contributed by atoms with Crippen LogP contribution >= 0.6 is 11.3 Å². The minimum Gasteiger partial charge on any atom is -0.455 e. The normalized spacial score (nSPS) is 10.3. The molecule has 0 fully saturated rings. The van der Waals surface area contributed by atoms with Crippen LogP contribution in [-0.2, 0) is 18.4 Å². The lowest BCUT2D eigenvalue weighted by Gasteiger charge is -2.03. The number of carbonyl (C=O) groups excluding carboxylic acids is 1. The lowest BCUT2D eigenvalue weighted by atomic mass is 10.4. The maximum atomic E-state index is 11.7. The standard InChI is InChI=1S/C10H11N3O2S/c1-13-4-7(11)2-9(13)10(14)15-5-8-3-12-6-16-8/h2-4,6H,5,11H2,1H3. The van der Waals surface area contributed by atoms with Gasteiger partial charge in [-0.15, -0.1) is 11.3 Å². The van der Waals surface area contributed by atoms with Gasteiger partial charge >= 0.3 is 5.97 Å². The zero-order valence-electron chi connectivity index (χ0n) is 8.71. The highest BCUT2D eigenvalue weighted by Crippen LogP contribution is 2.12. The number of carbonyl (C=O) groups is 1. The average molecular weight is 237 g/mol. The molecule has 0 aliphatic carbocycles. The Morgan fingerprint density at radius 2 is 2.50 bits per heavy atom. The van der Waals surface area contributed by atoms with E-state index in [1.807, 2.05) is 0 Å². The van der Waals surface area contributed by atoms with Crippen molar-refractivity contribution in [3.8, 4) is 0 Å². The molecule has 0 unspecified atom stereocenters. The van der Waals surface area contributed by atoms with Crippen molar-refractivity contribution in [1.29, 1.82) is 0 Å². The van der Waals surface area contributed by atoms with Crippen LogP contribution in [0.2, 0.25) is 0 Å². The summed E-state index contributed by atoms with van der Waals surface area (Å²) in [4.78, 5) is 16.5. The van der Waals surface area contributed by atoms with Gasteiger partial charge in [0.2, 0.25) is 0 Å². The number of aryl methyl sites for hydroxylation is 1. The molecule has 0 radical (unpaired) electrons. The van der Waals surface area contributed by atoms with E-state index >= 15 is 0 Å². The quantitative estimate of drug-likeness (QED) is 0.820. The number of hydrogen-bond acceptors (Lipinski definition) is 5. The Kier molecular flexibility index (Phi) is 2.91. The van der Waals surface area contributed by atoms with E-state index in [2.05, 4.69) is 4.98 Å². The first kappa shape index (κ1) is 10.7. The molecule has 0 aliphatic rings. The molecule has 0 saturated carbocycles. The summed E-state index contributed by atoms with van der Waals surface area (Å²) in [6, 6.07) is 1.59. The van der Waals surface area contributed by atoms with Crippen molar-refractivity contribution in [1.82, 2.24) is 9.55 Å². The number of rotatable bonds is 3. The van der Waals surface area contributed by atoms with Crippen molar-refractivity contribution in [2.75, 3.05) is 5.73 Å². The van der Waals surface area contributed by atoms with E-state index in [0.29, 0.717) is 11.4 Å². The molecule has 2 rings (SSSR count). The van der Waals surface area contributed by atoms with Gasteiger partial charge in [-0.2, -0.15) is 0 Å². The van der Waals surface area contributed by atoms with Crippen LogP contribution in [0.3, 0.4) is 0 Å². The molecule has 0 amide bonds. The van der Waals surface area contributed by atoms with Gasteiger partial charge in [0.05, 0.1) is 16.1 Å². The van der Waals surface area contributed by atoms with E-state index in [0.717, 1.165) is 4.88 Å². The first-order valence-corrected chi connectivity index (χ1v) is 5.51. The number of esters is 1. The zero-order chi connectivity index (χ0) is 11.5. The summed E-state index contributed by atoms with van der Waals surface area (Å²) in [7, 11) is 1.75. The van der Waals surface area contributed by atoms with Crippen LogP contribution in [0.5, 0.6) is 0 Å². The van der Waals surface area contributed by atoms with Gasteiger partial charge in [-0.3, -0.25) is 4.98 Å². The number of nitrogens with two attached hydrogens (primary N) is 1. The summed E-state index contributed by atoms with van der Waals surface area (Å²) < 4.78 is 6.76. The monoisotopic (exact) mass is 237 g/mol. The van der Waals surface area contributed by atoms with E-state index in [1.54, 1.807) is 35.6 Å². The van der Waals surface area contributed by atoms with Gasteiger partial charge in [-0.05, 0) is 6.07 Å². The first-order valence-electron chi connectivity index (χ1n) is 4.63. The zero-order valence-corrected chi connectivity index (χ0v) is 9.53. The maximum absolute atomic E-state index is 11.7. The van der Waals surface area contributed by atoms with E-state index in [-0.39, 0.29) is 12.6 Å². The Morgan fingerprint density at radius 1 is 1.69 bits per heavy atom. The Morgan fingerprint density at radius 3 is 3.06 bits per heavy atom. The molecule has 16 heavy (non-hydrogen) atoms.